The predicted octanol–water partition coefficient (Wildman–Crippen LogP) is 3.39. The monoisotopic (exact) mass is 386 g/mol. The third-order valence-electron chi connectivity index (χ3n) is 3.75. The van der Waals surface area contributed by atoms with Crippen molar-refractivity contribution in [1.82, 2.24) is 20.3 Å². The van der Waals surface area contributed by atoms with Crippen LogP contribution in [0, 0.1) is 0 Å². The molecule has 4 rings (SSSR count). The second-order valence-electron chi connectivity index (χ2n) is 5.60. The average molecular weight is 387 g/mol. The molecule has 0 bridgehead atoms. The summed E-state index contributed by atoms with van der Waals surface area (Å²) in [5.74, 6) is 1.20. The Kier molecular flexibility index (Phi) is 4.68. The number of phenolic OH excluding ortho intramolecular Hbond substituents is 1. The van der Waals surface area contributed by atoms with Crippen LogP contribution in [0.5, 0.6) is 5.75 Å². The lowest BCUT2D eigenvalue weighted by Gasteiger charge is -2.14. The van der Waals surface area contributed by atoms with E-state index in [4.69, 9.17) is 11.6 Å². The summed E-state index contributed by atoms with van der Waals surface area (Å²) >= 11 is 7.36. The summed E-state index contributed by atoms with van der Waals surface area (Å²) in [6.07, 6.45) is 2.68. The number of aromatic hydroxyl groups is 1. The van der Waals surface area contributed by atoms with Crippen LogP contribution >= 0.6 is 22.9 Å². The number of guanidine groups is 1. The fourth-order valence-corrected chi connectivity index (χ4v) is 3.36. The van der Waals surface area contributed by atoms with E-state index in [1.165, 1.54) is 17.4 Å². The van der Waals surface area contributed by atoms with Gasteiger partial charge in [0.15, 0.2) is 16.9 Å². The molecule has 26 heavy (non-hydrogen) atoms. The van der Waals surface area contributed by atoms with Gasteiger partial charge >= 0.3 is 0 Å². The maximum absolute atomic E-state index is 10.1. The van der Waals surface area contributed by atoms with Gasteiger partial charge in [-0.1, -0.05) is 11.6 Å². The van der Waals surface area contributed by atoms with Crippen molar-refractivity contribution in [1.29, 1.82) is 0 Å². The summed E-state index contributed by atoms with van der Waals surface area (Å²) in [7, 11) is 0. The number of rotatable bonds is 3. The minimum absolute atomic E-state index is 0.0386. The molecule has 1 aliphatic heterocycles. The zero-order valence-corrected chi connectivity index (χ0v) is 15.2. The third kappa shape index (κ3) is 3.61. The number of nitrogens with zero attached hydrogens (tertiary/aromatic N) is 4. The molecule has 0 saturated heterocycles. The standard InChI is InChI=1S/C17H15ClN6OS/c18-10-2-3-11(14(25)8-10)15-19-7-4-12(22-15)13-9-26-17(23-13)24-16-20-5-1-6-21-16/h2-4,7-9,25H,1,5-6H2,(H2,20,21,23,24). The predicted molar refractivity (Wildman–Crippen MR) is 104 cm³/mol. The van der Waals surface area contributed by atoms with Gasteiger partial charge in [0.2, 0.25) is 0 Å². The van der Waals surface area contributed by atoms with Crippen LogP contribution < -0.4 is 10.6 Å². The van der Waals surface area contributed by atoms with Gasteiger partial charge < -0.3 is 15.7 Å². The zero-order chi connectivity index (χ0) is 17.9. The molecule has 0 aliphatic carbocycles. The lowest BCUT2D eigenvalue weighted by atomic mass is 10.2. The number of anilines is 1. The first-order valence-corrected chi connectivity index (χ1v) is 9.28. The van der Waals surface area contributed by atoms with Crippen molar-refractivity contribution in [2.45, 2.75) is 6.42 Å². The molecule has 9 heteroatoms. The Hall–Kier alpha value is -2.71. The van der Waals surface area contributed by atoms with Gasteiger partial charge in [-0.05, 0) is 30.7 Å². The highest BCUT2D eigenvalue weighted by Gasteiger charge is 2.12. The van der Waals surface area contributed by atoms with Gasteiger partial charge in [0, 0.05) is 29.7 Å². The molecule has 2 aromatic heterocycles. The van der Waals surface area contributed by atoms with Gasteiger partial charge in [0.1, 0.15) is 11.4 Å². The molecule has 0 saturated carbocycles. The molecular weight excluding hydrogens is 372 g/mol. The smallest absolute Gasteiger partial charge is 0.197 e. The molecular formula is C17H15ClN6OS. The molecule has 1 aromatic carbocycles. The van der Waals surface area contributed by atoms with Gasteiger partial charge in [0.25, 0.3) is 0 Å². The largest absolute Gasteiger partial charge is 0.507 e. The molecule has 0 spiro atoms. The summed E-state index contributed by atoms with van der Waals surface area (Å²) < 4.78 is 0. The number of aliphatic imine (C=N–C) groups is 1. The van der Waals surface area contributed by atoms with Crippen molar-refractivity contribution >= 4 is 34.0 Å². The molecule has 0 unspecified atom stereocenters. The van der Waals surface area contributed by atoms with E-state index < -0.39 is 0 Å². The van der Waals surface area contributed by atoms with Gasteiger partial charge in [-0.2, -0.15) is 0 Å². The first-order valence-electron chi connectivity index (χ1n) is 8.02. The number of benzene rings is 1. The lowest BCUT2D eigenvalue weighted by Crippen LogP contribution is -2.35. The minimum Gasteiger partial charge on any atom is -0.507 e. The molecule has 3 heterocycles. The molecule has 7 nitrogen and oxygen atoms in total. The minimum atomic E-state index is 0.0386. The number of phenols is 1. The molecule has 0 atom stereocenters. The van der Waals surface area contributed by atoms with Crippen LogP contribution in [0.25, 0.3) is 22.8 Å². The topological polar surface area (TPSA) is 95.3 Å². The maximum atomic E-state index is 10.1. The molecule has 0 amide bonds. The van der Waals surface area contributed by atoms with Crippen molar-refractivity contribution in [2.24, 2.45) is 4.99 Å². The van der Waals surface area contributed by atoms with E-state index in [1.807, 2.05) is 5.38 Å². The number of nitrogens with one attached hydrogen (secondary N) is 2. The van der Waals surface area contributed by atoms with Crippen LogP contribution in [-0.2, 0) is 0 Å². The molecule has 3 aromatic rings. The summed E-state index contributed by atoms with van der Waals surface area (Å²) in [4.78, 5) is 17.7. The average Bonchev–Trinajstić information content (AvgIpc) is 3.11. The normalized spacial score (nSPS) is 13.8. The number of thiazole rings is 1. The second-order valence-corrected chi connectivity index (χ2v) is 6.90. The summed E-state index contributed by atoms with van der Waals surface area (Å²) in [6, 6.07) is 6.63. The van der Waals surface area contributed by atoms with E-state index in [1.54, 1.807) is 24.4 Å². The summed E-state index contributed by atoms with van der Waals surface area (Å²) in [5, 5.41) is 19.6. The first kappa shape index (κ1) is 16.7. The highest BCUT2D eigenvalue weighted by molar-refractivity contribution is 7.14. The van der Waals surface area contributed by atoms with Crippen molar-refractivity contribution < 1.29 is 5.11 Å². The molecule has 3 N–H and O–H groups in total. The van der Waals surface area contributed by atoms with E-state index in [9.17, 15) is 5.11 Å². The van der Waals surface area contributed by atoms with E-state index in [2.05, 4.69) is 30.6 Å². The molecule has 132 valence electrons. The van der Waals surface area contributed by atoms with Gasteiger partial charge in [-0.25, -0.2) is 15.0 Å². The van der Waals surface area contributed by atoms with Gasteiger partial charge in [-0.15, -0.1) is 11.3 Å². The van der Waals surface area contributed by atoms with Gasteiger partial charge in [-0.3, -0.25) is 4.99 Å². The van der Waals surface area contributed by atoms with Crippen LogP contribution in [0.2, 0.25) is 5.02 Å². The fraction of sp³-hybridized carbons (Fsp3) is 0.176. The summed E-state index contributed by atoms with van der Waals surface area (Å²) in [6.45, 7) is 1.72. The Morgan fingerprint density at radius 3 is 2.92 bits per heavy atom. The van der Waals surface area contributed by atoms with Crippen LogP contribution in [0.1, 0.15) is 6.42 Å². The van der Waals surface area contributed by atoms with Crippen molar-refractivity contribution in [3.63, 3.8) is 0 Å². The van der Waals surface area contributed by atoms with E-state index in [0.29, 0.717) is 22.1 Å². The fourth-order valence-electron chi connectivity index (χ4n) is 2.49. The molecule has 1 aliphatic rings. The number of halogens is 1. The van der Waals surface area contributed by atoms with Crippen molar-refractivity contribution in [3.8, 4) is 28.5 Å². The Morgan fingerprint density at radius 1 is 1.19 bits per heavy atom. The Morgan fingerprint density at radius 2 is 2.12 bits per heavy atom. The highest BCUT2D eigenvalue weighted by atomic mass is 35.5. The SMILES string of the molecule is Oc1cc(Cl)ccc1-c1nccc(-c2csc(NC3=NCCCN3)n2)n1. The number of hydrogen-bond acceptors (Lipinski definition) is 8. The van der Waals surface area contributed by atoms with Crippen molar-refractivity contribution in [2.75, 3.05) is 18.4 Å². The second kappa shape index (κ2) is 7.27. The van der Waals surface area contributed by atoms with E-state index in [-0.39, 0.29) is 5.75 Å². The quantitative estimate of drug-likeness (QED) is 0.638. The van der Waals surface area contributed by atoms with Crippen LogP contribution in [-0.4, -0.2) is 39.1 Å². The Bertz CT molecular complexity index is 973. The third-order valence-corrected chi connectivity index (χ3v) is 4.74. The van der Waals surface area contributed by atoms with E-state index >= 15 is 0 Å². The van der Waals surface area contributed by atoms with Gasteiger partial charge in [0.05, 0.1) is 11.3 Å². The Balaban J connectivity index is 1.60. The van der Waals surface area contributed by atoms with Crippen LogP contribution in [0.4, 0.5) is 5.13 Å². The molecule has 0 fully saturated rings. The number of hydrogen-bond donors (Lipinski definition) is 3. The number of aromatic nitrogens is 3. The Labute approximate surface area is 158 Å². The van der Waals surface area contributed by atoms with E-state index in [0.717, 1.165) is 36.3 Å². The first-order chi connectivity index (χ1) is 12.7. The molecule has 0 radical (unpaired) electrons. The van der Waals surface area contributed by atoms with Crippen LogP contribution in [0.15, 0.2) is 40.8 Å². The lowest BCUT2D eigenvalue weighted by molar-refractivity contribution is 0.477. The van der Waals surface area contributed by atoms with Crippen molar-refractivity contribution in [3.05, 3.63) is 40.9 Å². The summed E-state index contributed by atoms with van der Waals surface area (Å²) in [5.41, 5.74) is 1.92. The zero-order valence-electron chi connectivity index (χ0n) is 13.6. The highest BCUT2D eigenvalue weighted by Crippen LogP contribution is 2.31. The van der Waals surface area contributed by atoms with Crippen LogP contribution in [0.3, 0.4) is 0 Å². The maximum Gasteiger partial charge on any atom is 0.197 e.